The number of likely N-dealkylation sites (N-methyl/N-ethyl adjacent to an activating group) is 1. The minimum atomic E-state index is -4.62. The number of carbonyl (C=O) groups excluding carboxylic acids is 2. The summed E-state index contributed by atoms with van der Waals surface area (Å²) in [6.45, 7) is 4.00. The van der Waals surface area contributed by atoms with E-state index in [-0.39, 0.29) is 26.1 Å². The molecule has 0 saturated heterocycles. The van der Waals surface area contributed by atoms with Crippen LogP contribution in [-0.2, 0) is 32.7 Å². The molecule has 0 fully saturated rings. The third-order valence-corrected chi connectivity index (χ3v) is 10.1. The highest BCUT2D eigenvalue weighted by molar-refractivity contribution is 7.45. The van der Waals surface area contributed by atoms with Crippen LogP contribution >= 0.6 is 7.82 Å². The third-order valence-electron chi connectivity index (χ3n) is 9.18. The zero-order chi connectivity index (χ0) is 43.6. The summed E-state index contributed by atoms with van der Waals surface area (Å²) in [7, 11) is 1.14. The summed E-state index contributed by atoms with van der Waals surface area (Å²) in [5.41, 5.74) is 0. The number of ether oxygens (including phenoxy) is 2. The molecule has 0 aliphatic carbocycles. The van der Waals surface area contributed by atoms with Crippen molar-refractivity contribution in [3.8, 4) is 0 Å². The van der Waals surface area contributed by atoms with E-state index in [1.165, 1.54) is 25.7 Å². The number of hydrogen-bond donors (Lipinski definition) is 0. The molecule has 0 amide bonds. The van der Waals surface area contributed by atoms with Crippen LogP contribution < -0.4 is 4.89 Å². The van der Waals surface area contributed by atoms with E-state index in [2.05, 4.69) is 98.9 Å². The van der Waals surface area contributed by atoms with E-state index in [9.17, 15) is 19.0 Å². The first-order valence-corrected chi connectivity index (χ1v) is 24.3. The number of rotatable bonds is 40. The molecule has 0 N–H and O–H groups in total. The van der Waals surface area contributed by atoms with Crippen LogP contribution in [0.4, 0.5) is 0 Å². The Labute approximate surface area is 361 Å². The second kappa shape index (κ2) is 40.6. The van der Waals surface area contributed by atoms with Crippen molar-refractivity contribution in [2.24, 2.45) is 0 Å². The van der Waals surface area contributed by atoms with E-state index in [0.29, 0.717) is 17.4 Å². The van der Waals surface area contributed by atoms with Gasteiger partial charge in [0.05, 0.1) is 27.7 Å². The topological polar surface area (TPSA) is 111 Å². The minimum absolute atomic E-state index is 0.0370. The zero-order valence-electron chi connectivity index (χ0n) is 37.9. The van der Waals surface area contributed by atoms with E-state index < -0.39 is 32.5 Å². The summed E-state index contributed by atoms with van der Waals surface area (Å²) in [6.07, 6.45) is 52.2. The highest BCUT2D eigenvalue weighted by Gasteiger charge is 2.21. The van der Waals surface area contributed by atoms with Crippen molar-refractivity contribution in [2.75, 3.05) is 47.5 Å². The molecule has 0 aliphatic heterocycles. The number of unbranched alkanes of at least 4 members (excludes halogenated alkanes) is 12. The average molecular weight is 846 g/mol. The lowest BCUT2D eigenvalue weighted by molar-refractivity contribution is -0.870. The highest BCUT2D eigenvalue weighted by atomic mass is 31.2. The number of hydrogen-bond acceptors (Lipinski definition) is 8. The van der Waals surface area contributed by atoms with E-state index in [0.717, 1.165) is 103 Å². The first-order valence-electron chi connectivity index (χ1n) is 22.8. The maximum Gasteiger partial charge on any atom is 0.306 e. The zero-order valence-corrected chi connectivity index (χ0v) is 38.8. The van der Waals surface area contributed by atoms with Gasteiger partial charge in [0.15, 0.2) is 6.10 Å². The fraction of sp³-hybridized carbons (Fsp3) is 0.673. The highest BCUT2D eigenvalue weighted by Crippen LogP contribution is 2.38. The molecule has 0 aromatic heterocycles. The van der Waals surface area contributed by atoms with Gasteiger partial charge in [0.25, 0.3) is 7.82 Å². The molecule has 0 bridgehead atoms. The lowest BCUT2D eigenvalue weighted by atomic mass is 10.1. The normalized spacial score (nSPS) is 14.3. The molecule has 9 nitrogen and oxygen atoms in total. The molecule has 2 unspecified atom stereocenters. The summed E-state index contributed by atoms with van der Waals surface area (Å²) in [5.74, 6) is -0.865. The summed E-state index contributed by atoms with van der Waals surface area (Å²) in [5, 5.41) is 0. The van der Waals surface area contributed by atoms with Gasteiger partial charge in [0.1, 0.15) is 19.8 Å². The van der Waals surface area contributed by atoms with Crippen LogP contribution in [0, 0.1) is 0 Å². The van der Waals surface area contributed by atoms with Crippen LogP contribution in [0.3, 0.4) is 0 Å². The van der Waals surface area contributed by atoms with Gasteiger partial charge < -0.3 is 27.9 Å². The smallest absolute Gasteiger partial charge is 0.306 e. The monoisotopic (exact) mass is 846 g/mol. The van der Waals surface area contributed by atoms with Crippen LogP contribution in [-0.4, -0.2) is 70.0 Å². The number of carbonyl (C=O) groups is 2. The van der Waals surface area contributed by atoms with E-state index >= 15 is 0 Å². The molecule has 0 aliphatic rings. The molecule has 0 rings (SSSR count). The summed E-state index contributed by atoms with van der Waals surface area (Å²) < 4.78 is 33.7. The van der Waals surface area contributed by atoms with Gasteiger partial charge in [0, 0.05) is 12.8 Å². The Morgan fingerprint density at radius 3 is 1.44 bits per heavy atom. The van der Waals surface area contributed by atoms with Gasteiger partial charge in [-0.15, -0.1) is 0 Å². The lowest BCUT2D eigenvalue weighted by Gasteiger charge is -2.28. The molecule has 0 radical (unpaired) electrons. The second-order valence-corrected chi connectivity index (χ2v) is 17.4. The van der Waals surface area contributed by atoms with Gasteiger partial charge in [-0.25, -0.2) is 0 Å². The van der Waals surface area contributed by atoms with Crippen LogP contribution in [0.5, 0.6) is 0 Å². The number of nitrogens with zero attached hydrogens (tertiary/aromatic N) is 1. The van der Waals surface area contributed by atoms with Crippen molar-refractivity contribution in [2.45, 2.75) is 168 Å². The fourth-order valence-electron chi connectivity index (χ4n) is 5.63. The lowest BCUT2D eigenvalue weighted by Crippen LogP contribution is -2.37. The second-order valence-electron chi connectivity index (χ2n) is 16.0. The fourth-order valence-corrected chi connectivity index (χ4v) is 6.36. The predicted molar refractivity (Wildman–Crippen MR) is 245 cm³/mol. The number of allylic oxidation sites excluding steroid dienone is 14. The van der Waals surface area contributed by atoms with Crippen molar-refractivity contribution in [1.82, 2.24) is 0 Å². The molecule has 0 aromatic carbocycles. The Morgan fingerprint density at radius 1 is 0.542 bits per heavy atom. The van der Waals surface area contributed by atoms with Crippen LogP contribution in [0.15, 0.2) is 85.1 Å². The van der Waals surface area contributed by atoms with Crippen LogP contribution in [0.2, 0.25) is 0 Å². The molecule has 0 heterocycles. The largest absolute Gasteiger partial charge is 0.756 e. The van der Waals surface area contributed by atoms with Crippen molar-refractivity contribution < 1.29 is 42.1 Å². The Morgan fingerprint density at radius 2 is 0.966 bits per heavy atom. The van der Waals surface area contributed by atoms with E-state index in [1.807, 2.05) is 21.1 Å². The predicted octanol–water partition coefficient (Wildman–Crippen LogP) is 12.6. The molecule has 0 spiro atoms. The van der Waals surface area contributed by atoms with Crippen LogP contribution in [0.25, 0.3) is 0 Å². The summed E-state index contributed by atoms with van der Waals surface area (Å²) in [6, 6.07) is 0. The minimum Gasteiger partial charge on any atom is -0.756 e. The van der Waals surface area contributed by atoms with E-state index in [1.54, 1.807) is 0 Å². The molecule has 338 valence electrons. The van der Waals surface area contributed by atoms with Gasteiger partial charge in [0.2, 0.25) is 0 Å². The first kappa shape index (κ1) is 56.2. The average Bonchev–Trinajstić information content (AvgIpc) is 3.19. The Kier molecular flexibility index (Phi) is 38.7. The molecular formula is C49H84NO8P. The SMILES string of the molecule is CC/C=C\C/C=C\C/C=C\C/C=C\C/C=C\C/C=C\C/C=C\CCCCCCCCCC(=O)OC(COC(=O)CCCCCCCC)COP(=O)([O-])OCC[N+](C)(C)C. The van der Waals surface area contributed by atoms with Gasteiger partial charge in [-0.3, -0.25) is 14.2 Å². The van der Waals surface area contributed by atoms with Crippen molar-refractivity contribution >= 4 is 19.8 Å². The molecule has 0 aromatic rings. The number of phosphoric acid groups is 1. The van der Waals surface area contributed by atoms with Crippen LogP contribution in [0.1, 0.15) is 162 Å². The van der Waals surface area contributed by atoms with Crippen molar-refractivity contribution in [3.63, 3.8) is 0 Å². The van der Waals surface area contributed by atoms with Gasteiger partial charge in [-0.1, -0.05) is 163 Å². The van der Waals surface area contributed by atoms with Gasteiger partial charge >= 0.3 is 11.9 Å². The Balaban J connectivity index is 4.15. The van der Waals surface area contributed by atoms with E-state index in [4.69, 9.17) is 18.5 Å². The molecule has 10 heteroatoms. The Hall–Kier alpha value is -2.81. The van der Waals surface area contributed by atoms with Crippen molar-refractivity contribution in [1.29, 1.82) is 0 Å². The maximum atomic E-state index is 12.6. The molecule has 2 atom stereocenters. The number of quaternary nitrogens is 1. The summed E-state index contributed by atoms with van der Waals surface area (Å²) in [4.78, 5) is 37.3. The third kappa shape index (κ3) is 44.6. The quantitative estimate of drug-likeness (QED) is 0.0197. The first-order chi connectivity index (χ1) is 28.5. The summed E-state index contributed by atoms with van der Waals surface area (Å²) >= 11 is 0. The molecule has 0 saturated carbocycles. The number of esters is 2. The maximum absolute atomic E-state index is 12.6. The van der Waals surface area contributed by atoms with Gasteiger partial charge in [-0.2, -0.15) is 0 Å². The van der Waals surface area contributed by atoms with Gasteiger partial charge in [-0.05, 0) is 70.6 Å². The molecular weight excluding hydrogens is 762 g/mol. The molecule has 59 heavy (non-hydrogen) atoms. The number of phosphoric ester groups is 1. The Bertz CT molecular complexity index is 1280. The van der Waals surface area contributed by atoms with Crippen molar-refractivity contribution in [3.05, 3.63) is 85.1 Å². The standard InChI is InChI=1S/C49H84NO8P/c1-6-8-10-12-14-15-16-17-18-19-20-21-22-23-24-25-26-27-28-29-30-31-32-33-34-35-36-38-40-42-49(52)58-47(45-55-48(51)41-39-37-13-11-9-7-2)46-57-59(53,54)56-44-43-50(3,4)5/h8,10,14-15,17-18,20-21,23-24,26-27,29-30,47H,6-7,9,11-13,16,19,22,25,28,31-46H2,1-5H3/b10-8-,15-14-,18-17-,21-20-,24-23-,27-26-,30-29-.